The van der Waals surface area contributed by atoms with E-state index in [2.05, 4.69) is 10.5 Å². The standard InChI is InChI=1S/C32H38N4O8S/c1-19-25-28(37)36(32(2,3)30(38)34-43-18-20-9-10-20)31(39)35(29(25)45-26(19)27-33-13-16-42-27)17-24(44-21-11-14-41-15-12-21)22-7-5-6-8-23(22)40-4/h5-8,13,16,20-21,24H,9-12,14-15,17-18H2,1-4H3,(H,34,38). The zero-order valence-corrected chi connectivity index (χ0v) is 26.7. The third-order valence-electron chi connectivity index (χ3n) is 8.49. The number of thiophene rings is 1. The van der Waals surface area contributed by atoms with Gasteiger partial charge in [-0.25, -0.2) is 19.8 Å². The molecular formula is C32H38N4O8S. The van der Waals surface area contributed by atoms with E-state index in [-0.39, 0.29) is 12.6 Å². The summed E-state index contributed by atoms with van der Waals surface area (Å²) in [5.41, 5.74) is 1.01. The van der Waals surface area contributed by atoms with Crippen molar-refractivity contribution in [2.24, 2.45) is 5.92 Å². The summed E-state index contributed by atoms with van der Waals surface area (Å²) < 4.78 is 26.1. The van der Waals surface area contributed by atoms with E-state index in [0.717, 1.165) is 23.0 Å². The van der Waals surface area contributed by atoms with Crippen molar-refractivity contribution in [1.29, 1.82) is 0 Å². The molecule has 45 heavy (non-hydrogen) atoms. The molecule has 6 rings (SSSR count). The molecule has 0 radical (unpaired) electrons. The molecule has 4 heterocycles. The number of aryl methyl sites for hydroxylation is 1. The average Bonchev–Trinajstić information content (AvgIpc) is 3.56. The summed E-state index contributed by atoms with van der Waals surface area (Å²) in [4.78, 5) is 53.0. The minimum atomic E-state index is -1.59. The van der Waals surface area contributed by atoms with Crippen molar-refractivity contribution in [3.05, 3.63) is 68.7 Å². The second-order valence-electron chi connectivity index (χ2n) is 12.0. The number of benzene rings is 1. The van der Waals surface area contributed by atoms with Crippen molar-refractivity contribution in [3.63, 3.8) is 0 Å². The van der Waals surface area contributed by atoms with Gasteiger partial charge < -0.3 is 18.6 Å². The van der Waals surface area contributed by atoms with Crippen LogP contribution in [0, 0.1) is 12.8 Å². The Morgan fingerprint density at radius 1 is 1.18 bits per heavy atom. The molecule has 2 fully saturated rings. The average molecular weight is 639 g/mol. The van der Waals surface area contributed by atoms with Crippen LogP contribution in [-0.4, -0.2) is 53.1 Å². The number of para-hydroxylation sites is 1. The second-order valence-corrected chi connectivity index (χ2v) is 13.0. The van der Waals surface area contributed by atoms with Gasteiger partial charge in [0.25, 0.3) is 11.5 Å². The Morgan fingerprint density at radius 2 is 1.93 bits per heavy atom. The number of methoxy groups -OCH3 is 1. The lowest BCUT2D eigenvalue weighted by Crippen LogP contribution is -2.56. The molecule has 240 valence electrons. The van der Waals surface area contributed by atoms with Crippen LogP contribution in [-0.2, 0) is 31.2 Å². The maximum Gasteiger partial charge on any atom is 0.333 e. The molecule has 1 unspecified atom stereocenters. The predicted molar refractivity (Wildman–Crippen MR) is 167 cm³/mol. The first-order valence-electron chi connectivity index (χ1n) is 15.2. The third kappa shape index (κ3) is 6.22. The lowest BCUT2D eigenvalue weighted by atomic mass is 10.0. The smallest absolute Gasteiger partial charge is 0.333 e. The molecule has 1 aromatic carbocycles. The first-order valence-corrected chi connectivity index (χ1v) is 16.0. The molecule has 1 aliphatic carbocycles. The summed E-state index contributed by atoms with van der Waals surface area (Å²) in [5.74, 6) is 0.759. The van der Waals surface area contributed by atoms with E-state index in [1.165, 1.54) is 42.2 Å². The minimum Gasteiger partial charge on any atom is -0.496 e. The van der Waals surface area contributed by atoms with E-state index in [1.807, 2.05) is 24.3 Å². The fraction of sp³-hybridized carbons (Fsp3) is 0.500. The number of carbonyl (C=O) groups excluding carboxylic acids is 1. The first-order chi connectivity index (χ1) is 21.7. The van der Waals surface area contributed by atoms with E-state index >= 15 is 0 Å². The van der Waals surface area contributed by atoms with E-state index in [0.29, 0.717) is 70.9 Å². The van der Waals surface area contributed by atoms with Crippen LogP contribution < -0.4 is 21.5 Å². The molecule has 1 atom stereocenters. The van der Waals surface area contributed by atoms with Gasteiger partial charge in [-0.05, 0) is 64.0 Å². The van der Waals surface area contributed by atoms with Gasteiger partial charge in [-0.15, -0.1) is 11.3 Å². The van der Waals surface area contributed by atoms with Crippen LogP contribution in [0.5, 0.6) is 5.75 Å². The van der Waals surface area contributed by atoms with Gasteiger partial charge in [-0.3, -0.25) is 19.0 Å². The number of fused-ring (bicyclic) bond motifs is 1. The van der Waals surface area contributed by atoms with E-state index in [4.69, 9.17) is 23.5 Å². The summed E-state index contributed by atoms with van der Waals surface area (Å²) in [6.07, 6.45) is 5.76. The highest BCUT2D eigenvalue weighted by atomic mass is 32.1. The first kappa shape index (κ1) is 31.2. The van der Waals surface area contributed by atoms with Crippen molar-refractivity contribution in [1.82, 2.24) is 19.6 Å². The summed E-state index contributed by atoms with van der Waals surface area (Å²) in [7, 11) is 1.59. The van der Waals surface area contributed by atoms with Crippen molar-refractivity contribution in [2.75, 3.05) is 26.9 Å². The molecule has 2 aliphatic rings. The number of nitrogens with zero attached hydrogens (tertiary/aromatic N) is 3. The minimum absolute atomic E-state index is 0.0498. The Morgan fingerprint density at radius 3 is 2.62 bits per heavy atom. The SMILES string of the molecule is COc1ccccc1C(Cn1c(=O)n(C(C)(C)C(=O)NOCC2CC2)c(=O)c2c(C)c(-c3ncco3)sc21)OC1CCOCC1. The van der Waals surface area contributed by atoms with Crippen LogP contribution in [0.4, 0.5) is 0 Å². The molecule has 3 aromatic heterocycles. The van der Waals surface area contributed by atoms with Gasteiger partial charge in [-0.2, -0.15) is 0 Å². The maximum atomic E-state index is 14.5. The zero-order chi connectivity index (χ0) is 31.7. The van der Waals surface area contributed by atoms with Crippen LogP contribution in [0.2, 0.25) is 0 Å². The highest BCUT2D eigenvalue weighted by Gasteiger charge is 2.37. The largest absolute Gasteiger partial charge is 0.496 e. The van der Waals surface area contributed by atoms with Crippen LogP contribution in [0.1, 0.15) is 56.8 Å². The number of ether oxygens (including phenoxy) is 3. The van der Waals surface area contributed by atoms with Crippen molar-refractivity contribution in [3.8, 4) is 16.5 Å². The molecule has 0 spiro atoms. The quantitative estimate of drug-likeness (QED) is 0.225. The predicted octanol–water partition coefficient (Wildman–Crippen LogP) is 4.33. The second kappa shape index (κ2) is 12.9. The molecule has 1 N–H and O–H groups in total. The number of carbonyl (C=O) groups is 1. The lowest BCUT2D eigenvalue weighted by molar-refractivity contribution is -0.142. The van der Waals surface area contributed by atoms with Gasteiger partial charge in [0.1, 0.15) is 28.5 Å². The molecule has 12 nitrogen and oxygen atoms in total. The Balaban J connectivity index is 1.51. The van der Waals surface area contributed by atoms with Gasteiger partial charge in [0.05, 0.1) is 42.8 Å². The number of oxazole rings is 1. The Kier molecular flexibility index (Phi) is 8.96. The maximum absolute atomic E-state index is 14.5. The fourth-order valence-electron chi connectivity index (χ4n) is 5.63. The van der Waals surface area contributed by atoms with Gasteiger partial charge in [0.15, 0.2) is 0 Å². The number of hydroxylamine groups is 1. The molecule has 1 saturated heterocycles. The Hall–Kier alpha value is -3.78. The van der Waals surface area contributed by atoms with E-state index in [9.17, 15) is 14.4 Å². The van der Waals surface area contributed by atoms with Crippen molar-refractivity contribution < 1.29 is 28.3 Å². The molecule has 1 aliphatic heterocycles. The monoisotopic (exact) mass is 638 g/mol. The molecule has 13 heteroatoms. The number of rotatable bonds is 12. The Labute approximate surface area is 263 Å². The van der Waals surface area contributed by atoms with Crippen molar-refractivity contribution >= 4 is 27.5 Å². The Bertz CT molecular complexity index is 1780. The lowest BCUT2D eigenvalue weighted by Gasteiger charge is -2.30. The summed E-state index contributed by atoms with van der Waals surface area (Å²) in [6, 6.07) is 7.52. The number of nitrogens with one attached hydrogen (secondary N) is 1. The van der Waals surface area contributed by atoms with E-state index in [1.54, 1.807) is 14.0 Å². The van der Waals surface area contributed by atoms with Gasteiger partial charge in [-0.1, -0.05) is 18.2 Å². The number of hydrogen-bond acceptors (Lipinski definition) is 10. The van der Waals surface area contributed by atoms with Crippen LogP contribution in [0.3, 0.4) is 0 Å². The molecule has 0 bridgehead atoms. The fourth-order valence-corrected chi connectivity index (χ4v) is 6.88. The summed E-state index contributed by atoms with van der Waals surface area (Å²) >= 11 is 1.24. The van der Waals surface area contributed by atoms with Crippen LogP contribution in [0.15, 0.2) is 50.7 Å². The molecule has 1 amide bonds. The topological polar surface area (TPSA) is 136 Å². The molecule has 4 aromatic rings. The normalized spacial score (nSPS) is 16.6. The zero-order valence-electron chi connectivity index (χ0n) is 25.9. The number of aromatic nitrogens is 3. The van der Waals surface area contributed by atoms with Gasteiger partial charge >= 0.3 is 5.69 Å². The number of amides is 1. The van der Waals surface area contributed by atoms with Gasteiger partial charge in [0, 0.05) is 18.8 Å². The van der Waals surface area contributed by atoms with Crippen LogP contribution >= 0.6 is 11.3 Å². The van der Waals surface area contributed by atoms with E-state index < -0.39 is 28.8 Å². The van der Waals surface area contributed by atoms with Crippen molar-refractivity contribution in [2.45, 2.75) is 70.7 Å². The molecule has 1 saturated carbocycles. The molecular weight excluding hydrogens is 600 g/mol. The van der Waals surface area contributed by atoms with Gasteiger partial charge in [0.2, 0.25) is 5.89 Å². The van der Waals surface area contributed by atoms with Crippen LogP contribution in [0.25, 0.3) is 21.0 Å². The highest BCUT2D eigenvalue weighted by Crippen LogP contribution is 2.38. The summed E-state index contributed by atoms with van der Waals surface area (Å²) in [6.45, 7) is 6.45. The number of hydrogen-bond donors (Lipinski definition) is 1. The highest BCUT2D eigenvalue weighted by molar-refractivity contribution is 7.22. The summed E-state index contributed by atoms with van der Waals surface area (Å²) in [5, 5.41) is 0.303. The third-order valence-corrected chi connectivity index (χ3v) is 9.80.